The second-order valence-corrected chi connectivity index (χ2v) is 7.95. The average molecular weight is 422 g/mol. The number of anilines is 1. The maximum absolute atomic E-state index is 12.8. The molecule has 0 saturated carbocycles. The normalized spacial score (nSPS) is 15.1. The first-order valence-corrected chi connectivity index (χ1v) is 9.91. The molecule has 0 bridgehead atoms. The number of nitrogens with zero attached hydrogens (tertiary/aromatic N) is 3. The Hall–Kier alpha value is -2.58. The molecule has 27 heavy (non-hydrogen) atoms. The Morgan fingerprint density at radius 1 is 1.11 bits per heavy atom. The molecule has 0 spiro atoms. The summed E-state index contributed by atoms with van der Waals surface area (Å²) in [5.74, 6) is 0.528. The van der Waals surface area contributed by atoms with Crippen LogP contribution < -0.4 is 10.5 Å². The second-order valence-electron chi connectivity index (χ2n) is 7.03. The van der Waals surface area contributed by atoms with Crippen LogP contribution in [0.3, 0.4) is 0 Å². The standard InChI is InChI=1S/C22H20BrN3O/c1-25-20-13-17(23)7-8-18(20)21(19(14-24)22(25)27)26-11-9-16(10-12-26)15-5-3-2-4-6-15/h2-8,13,16H,9-12H2,1H3. The van der Waals surface area contributed by atoms with Crippen molar-refractivity contribution in [2.45, 2.75) is 18.8 Å². The van der Waals surface area contributed by atoms with Gasteiger partial charge in [0.25, 0.3) is 5.56 Å². The maximum Gasteiger partial charge on any atom is 0.270 e. The van der Waals surface area contributed by atoms with Crippen molar-refractivity contribution in [2.75, 3.05) is 18.0 Å². The number of pyridine rings is 1. The molecule has 0 radical (unpaired) electrons. The third kappa shape index (κ3) is 3.15. The third-order valence-electron chi connectivity index (χ3n) is 5.53. The zero-order chi connectivity index (χ0) is 19.0. The molecule has 1 aromatic heterocycles. The minimum atomic E-state index is -0.233. The van der Waals surface area contributed by atoms with Crippen molar-refractivity contribution in [3.63, 3.8) is 0 Å². The number of nitriles is 1. The predicted molar refractivity (Wildman–Crippen MR) is 112 cm³/mol. The van der Waals surface area contributed by atoms with Crippen molar-refractivity contribution in [3.05, 3.63) is 74.5 Å². The number of halogens is 1. The highest BCUT2D eigenvalue weighted by Crippen LogP contribution is 2.35. The lowest BCUT2D eigenvalue weighted by atomic mass is 9.89. The van der Waals surface area contributed by atoms with E-state index in [1.807, 2.05) is 24.3 Å². The molecule has 5 heteroatoms. The largest absolute Gasteiger partial charge is 0.370 e. The molecule has 2 aromatic carbocycles. The van der Waals surface area contributed by atoms with Gasteiger partial charge in [-0.1, -0.05) is 46.3 Å². The van der Waals surface area contributed by atoms with E-state index in [0.29, 0.717) is 5.92 Å². The van der Waals surface area contributed by atoms with Crippen molar-refractivity contribution >= 4 is 32.5 Å². The van der Waals surface area contributed by atoms with Gasteiger partial charge in [0.2, 0.25) is 0 Å². The van der Waals surface area contributed by atoms with Crippen LogP contribution in [0, 0.1) is 11.3 Å². The summed E-state index contributed by atoms with van der Waals surface area (Å²) < 4.78 is 2.49. The van der Waals surface area contributed by atoms with Gasteiger partial charge in [-0.2, -0.15) is 5.26 Å². The fourth-order valence-electron chi connectivity index (χ4n) is 4.09. The van der Waals surface area contributed by atoms with Crippen LogP contribution in [0.2, 0.25) is 0 Å². The van der Waals surface area contributed by atoms with Gasteiger partial charge in [0, 0.05) is 30.0 Å². The monoisotopic (exact) mass is 421 g/mol. The SMILES string of the molecule is Cn1c(=O)c(C#N)c(N2CCC(c3ccccc3)CC2)c2ccc(Br)cc21. The van der Waals surface area contributed by atoms with Crippen molar-refractivity contribution in [1.29, 1.82) is 5.26 Å². The molecule has 1 aliphatic rings. The molecular formula is C22H20BrN3O. The first-order chi connectivity index (χ1) is 13.1. The van der Waals surface area contributed by atoms with Crippen LogP contribution in [0.5, 0.6) is 0 Å². The summed E-state index contributed by atoms with van der Waals surface area (Å²) in [6, 6.07) is 18.7. The fourth-order valence-corrected chi connectivity index (χ4v) is 4.44. The minimum Gasteiger partial charge on any atom is -0.370 e. The van der Waals surface area contributed by atoms with Crippen molar-refractivity contribution < 1.29 is 0 Å². The summed E-state index contributed by atoms with van der Waals surface area (Å²) in [6.07, 6.45) is 2.03. The summed E-state index contributed by atoms with van der Waals surface area (Å²) >= 11 is 3.49. The molecule has 0 atom stereocenters. The molecule has 0 aliphatic carbocycles. The van der Waals surface area contributed by atoms with Gasteiger partial charge in [0.1, 0.15) is 11.6 Å². The molecule has 0 amide bonds. The minimum absolute atomic E-state index is 0.233. The molecule has 0 unspecified atom stereocenters. The highest BCUT2D eigenvalue weighted by molar-refractivity contribution is 9.10. The van der Waals surface area contributed by atoms with E-state index in [4.69, 9.17) is 0 Å². The zero-order valence-corrected chi connectivity index (χ0v) is 16.7. The van der Waals surface area contributed by atoms with Crippen LogP contribution in [0.1, 0.15) is 29.9 Å². The lowest BCUT2D eigenvalue weighted by molar-refractivity contribution is 0.506. The average Bonchev–Trinajstić information content (AvgIpc) is 2.71. The molecule has 4 rings (SSSR count). The van der Waals surface area contributed by atoms with E-state index < -0.39 is 0 Å². The van der Waals surface area contributed by atoms with Crippen molar-refractivity contribution in [2.24, 2.45) is 7.05 Å². The molecule has 3 aromatic rings. The van der Waals surface area contributed by atoms with Gasteiger partial charge in [0.05, 0.1) is 11.2 Å². The van der Waals surface area contributed by atoms with E-state index in [2.05, 4.69) is 51.2 Å². The third-order valence-corrected chi connectivity index (χ3v) is 6.02. The quantitative estimate of drug-likeness (QED) is 0.609. The lowest BCUT2D eigenvalue weighted by Crippen LogP contribution is -2.35. The van der Waals surface area contributed by atoms with Gasteiger partial charge < -0.3 is 9.47 Å². The van der Waals surface area contributed by atoms with E-state index in [1.165, 1.54) is 5.56 Å². The van der Waals surface area contributed by atoms with E-state index in [0.717, 1.165) is 47.0 Å². The molecule has 1 fully saturated rings. The number of fused-ring (bicyclic) bond motifs is 1. The molecule has 4 nitrogen and oxygen atoms in total. The number of aryl methyl sites for hydroxylation is 1. The van der Waals surface area contributed by atoms with Crippen molar-refractivity contribution in [1.82, 2.24) is 4.57 Å². The van der Waals surface area contributed by atoms with Crippen LogP contribution in [0.15, 0.2) is 57.8 Å². The Balaban J connectivity index is 1.75. The van der Waals surface area contributed by atoms with Crippen LogP contribution in [0.25, 0.3) is 10.9 Å². The van der Waals surface area contributed by atoms with Crippen LogP contribution in [-0.2, 0) is 7.05 Å². The first kappa shape index (κ1) is 17.8. The van der Waals surface area contributed by atoms with Gasteiger partial charge in [-0.15, -0.1) is 0 Å². The van der Waals surface area contributed by atoms with Gasteiger partial charge >= 0.3 is 0 Å². The fraction of sp³-hybridized carbons (Fsp3) is 0.273. The Labute approximate surface area is 166 Å². The molecular weight excluding hydrogens is 402 g/mol. The molecule has 2 heterocycles. The Morgan fingerprint density at radius 2 is 1.81 bits per heavy atom. The number of benzene rings is 2. The number of hydrogen-bond acceptors (Lipinski definition) is 3. The van der Waals surface area contributed by atoms with Crippen molar-refractivity contribution in [3.8, 4) is 6.07 Å². The molecule has 1 saturated heterocycles. The van der Waals surface area contributed by atoms with Gasteiger partial charge in [-0.25, -0.2) is 0 Å². The number of aromatic nitrogens is 1. The molecule has 1 aliphatic heterocycles. The highest BCUT2D eigenvalue weighted by atomic mass is 79.9. The van der Waals surface area contributed by atoms with Crippen LogP contribution in [0.4, 0.5) is 5.69 Å². The summed E-state index contributed by atoms with van der Waals surface area (Å²) in [5.41, 5.74) is 3.01. The number of hydrogen-bond donors (Lipinski definition) is 0. The summed E-state index contributed by atoms with van der Waals surface area (Å²) in [5, 5.41) is 10.7. The smallest absolute Gasteiger partial charge is 0.270 e. The Morgan fingerprint density at radius 3 is 2.48 bits per heavy atom. The van der Waals surface area contributed by atoms with E-state index >= 15 is 0 Å². The van der Waals surface area contributed by atoms with Crippen LogP contribution >= 0.6 is 15.9 Å². The van der Waals surface area contributed by atoms with E-state index in [1.54, 1.807) is 11.6 Å². The topological polar surface area (TPSA) is 49.0 Å². The predicted octanol–water partition coefficient (Wildman–Crippen LogP) is 4.56. The zero-order valence-electron chi connectivity index (χ0n) is 15.2. The maximum atomic E-state index is 12.8. The molecule has 136 valence electrons. The second kappa shape index (κ2) is 7.21. The van der Waals surface area contributed by atoms with E-state index in [9.17, 15) is 10.1 Å². The van der Waals surface area contributed by atoms with Gasteiger partial charge in [0.15, 0.2) is 0 Å². The number of piperidine rings is 1. The van der Waals surface area contributed by atoms with E-state index in [-0.39, 0.29) is 11.1 Å². The van der Waals surface area contributed by atoms with Gasteiger partial charge in [-0.3, -0.25) is 4.79 Å². The van der Waals surface area contributed by atoms with Crippen LogP contribution in [-0.4, -0.2) is 17.7 Å². The first-order valence-electron chi connectivity index (χ1n) is 9.12. The Kier molecular flexibility index (Phi) is 4.75. The summed E-state index contributed by atoms with van der Waals surface area (Å²) in [7, 11) is 1.73. The molecule has 0 N–H and O–H groups in total. The highest BCUT2D eigenvalue weighted by Gasteiger charge is 2.25. The lowest BCUT2D eigenvalue weighted by Gasteiger charge is -2.35. The van der Waals surface area contributed by atoms with Gasteiger partial charge in [-0.05, 0) is 42.5 Å². The number of rotatable bonds is 2. The summed E-state index contributed by atoms with van der Waals surface area (Å²) in [6.45, 7) is 1.68. The summed E-state index contributed by atoms with van der Waals surface area (Å²) in [4.78, 5) is 15.0. The Bertz CT molecular complexity index is 1090.